The smallest absolute Gasteiger partial charge is 0.326 e. The number of aromatic nitrogens is 2. The number of aryl methyl sites for hydroxylation is 1. The second-order valence-corrected chi connectivity index (χ2v) is 3.49. The maximum atomic E-state index is 11.2. The third-order valence-corrected chi connectivity index (χ3v) is 2.20. The first kappa shape index (κ1) is 12.7. The summed E-state index contributed by atoms with van der Waals surface area (Å²) >= 11 is 0. The zero-order valence-electron chi connectivity index (χ0n) is 9.25. The summed E-state index contributed by atoms with van der Waals surface area (Å²) in [5.74, 6) is -1.74. The van der Waals surface area contributed by atoms with Gasteiger partial charge in [-0.3, -0.25) is 4.79 Å². The minimum absolute atomic E-state index is 0.128. The second-order valence-electron chi connectivity index (χ2n) is 3.49. The van der Waals surface area contributed by atoms with Crippen LogP contribution < -0.4 is 5.32 Å². The molecule has 1 aromatic heterocycles. The number of carbonyl (C=O) groups is 2. The van der Waals surface area contributed by atoms with Gasteiger partial charge in [0, 0.05) is 25.4 Å². The fraction of sp³-hybridized carbons (Fsp3) is 0.400. The Kier molecular flexibility index (Phi) is 4.22. The molecule has 2 N–H and O–H groups in total. The monoisotopic (exact) mass is 236 g/mol. The first-order valence-corrected chi connectivity index (χ1v) is 4.89. The lowest BCUT2D eigenvalue weighted by molar-refractivity contribution is -0.141. The van der Waals surface area contributed by atoms with E-state index >= 15 is 0 Å². The number of nitriles is 1. The van der Waals surface area contributed by atoms with E-state index < -0.39 is 17.9 Å². The topological polar surface area (TPSA) is 108 Å². The van der Waals surface area contributed by atoms with Crippen LogP contribution in [0.2, 0.25) is 0 Å². The van der Waals surface area contributed by atoms with Gasteiger partial charge < -0.3 is 15.0 Å². The van der Waals surface area contributed by atoms with Gasteiger partial charge in [0.1, 0.15) is 12.5 Å². The van der Waals surface area contributed by atoms with Crippen molar-refractivity contribution in [2.24, 2.45) is 7.05 Å². The van der Waals surface area contributed by atoms with Crippen LogP contribution in [0.25, 0.3) is 0 Å². The lowest BCUT2D eigenvalue weighted by Crippen LogP contribution is -2.42. The van der Waals surface area contributed by atoms with Crippen molar-refractivity contribution in [3.63, 3.8) is 0 Å². The minimum Gasteiger partial charge on any atom is -0.480 e. The van der Waals surface area contributed by atoms with Gasteiger partial charge in [-0.2, -0.15) is 5.26 Å². The van der Waals surface area contributed by atoms with E-state index in [0.29, 0.717) is 5.69 Å². The highest BCUT2D eigenvalue weighted by Gasteiger charge is 2.21. The molecule has 7 heteroatoms. The Balaban J connectivity index is 2.68. The molecule has 0 radical (unpaired) electrons. The molecule has 1 amide bonds. The van der Waals surface area contributed by atoms with Crippen LogP contribution in [0, 0.1) is 11.3 Å². The summed E-state index contributed by atoms with van der Waals surface area (Å²) in [6.45, 7) is 0. The first-order valence-electron chi connectivity index (χ1n) is 4.89. The number of nitrogens with one attached hydrogen (secondary N) is 1. The van der Waals surface area contributed by atoms with Crippen LogP contribution in [-0.4, -0.2) is 32.6 Å². The Hall–Kier alpha value is -2.36. The molecule has 1 heterocycles. The molecule has 17 heavy (non-hydrogen) atoms. The highest BCUT2D eigenvalue weighted by atomic mass is 16.4. The predicted molar refractivity (Wildman–Crippen MR) is 56.7 cm³/mol. The quantitative estimate of drug-likeness (QED) is 0.712. The van der Waals surface area contributed by atoms with Crippen LogP contribution in [0.4, 0.5) is 0 Å². The fourth-order valence-corrected chi connectivity index (χ4v) is 1.31. The number of imidazole rings is 1. The molecule has 7 nitrogen and oxygen atoms in total. The Bertz CT molecular complexity index is 460. The Morgan fingerprint density at radius 2 is 2.41 bits per heavy atom. The van der Waals surface area contributed by atoms with Crippen molar-refractivity contribution in [1.29, 1.82) is 5.26 Å². The number of carboxylic acid groups (broad SMARTS) is 1. The van der Waals surface area contributed by atoms with Gasteiger partial charge in [-0.25, -0.2) is 9.78 Å². The number of nitrogens with zero attached hydrogens (tertiary/aromatic N) is 3. The van der Waals surface area contributed by atoms with Crippen LogP contribution in [-0.2, 0) is 23.1 Å². The molecule has 0 bridgehead atoms. The Labute approximate surface area is 97.7 Å². The summed E-state index contributed by atoms with van der Waals surface area (Å²) in [6.07, 6.45) is 2.86. The van der Waals surface area contributed by atoms with Crippen molar-refractivity contribution in [2.75, 3.05) is 0 Å². The van der Waals surface area contributed by atoms with Crippen LogP contribution in [0.5, 0.6) is 0 Å². The molecule has 1 aromatic rings. The molecule has 90 valence electrons. The van der Waals surface area contributed by atoms with E-state index in [1.807, 2.05) is 0 Å². The highest BCUT2D eigenvalue weighted by molar-refractivity contribution is 5.84. The van der Waals surface area contributed by atoms with Gasteiger partial charge in [-0.15, -0.1) is 0 Å². The van der Waals surface area contributed by atoms with E-state index in [0.717, 1.165) is 0 Å². The maximum absolute atomic E-state index is 11.2. The maximum Gasteiger partial charge on any atom is 0.326 e. The Morgan fingerprint density at radius 3 is 2.88 bits per heavy atom. The fourth-order valence-electron chi connectivity index (χ4n) is 1.31. The zero-order chi connectivity index (χ0) is 12.8. The summed E-state index contributed by atoms with van der Waals surface area (Å²) in [5, 5.41) is 19.6. The SMILES string of the molecule is Cn1cncc1C[C@H](NC(=O)CC#N)C(=O)O. The van der Waals surface area contributed by atoms with E-state index in [1.165, 1.54) is 6.20 Å². The van der Waals surface area contributed by atoms with Crippen molar-refractivity contribution in [3.05, 3.63) is 18.2 Å². The molecular formula is C10H12N4O3. The van der Waals surface area contributed by atoms with Crippen molar-refractivity contribution < 1.29 is 14.7 Å². The summed E-state index contributed by atoms with van der Waals surface area (Å²) in [6, 6.07) is 0.610. The number of carbonyl (C=O) groups excluding carboxylic acids is 1. The third-order valence-electron chi connectivity index (χ3n) is 2.20. The van der Waals surface area contributed by atoms with E-state index in [-0.39, 0.29) is 12.8 Å². The van der Waals surface area contributed by atoms with Gasteiger partial charge in [0.25, 0.3) is 0 Å². The van der Waals surface area contributed by atoms with E-state index in [1.54, 1.807) is 24.0 Å². The number of amides is 1. The molecule has 0 saturated heterocycles. The Morgan fingerprint density at radius 1 is 1.71 bits per heavy atom. The summed E-state index contributed by atoms with van der Waals surface area (Å²) < 4.78 is 1.67. The molecule has 0 aliphatic rings. The van der Waals surface area contributed by atoms with Crippen LogP contribution in [0.3, 0.4) is 0 Å². The van der Waals surface area contributed by atoms with Crippen molar-refractivity contribution >= 4 is 11.9 Å². The zero-order valence-corrected chi connectivity index (χ0v) is 9.25. The van der Waals surface area contributed by atoms with E-state index in [9.17, 15) is 9.59 Å². The number of aliphatic carboxylic acids is 1. The lowest BCUT2D eigenvalue weighted by atomic mass is 10.1. The van der Waals surface area contributed by atoms with E-state index in [2.05, 4.69) is 10.3 Å². The summed E-state index contributed by atoms with van der Waals surface area (Å²) in [5.41, 5.74) is 0.689. The largest absolute Gasteiger partial charge is 0.480 e. The van der Waals surface area contributed by atoms with Gasteiger partial charge in [-0.05, 0) is 0 Å². The van der Waals surface area contributed by atoms with E-state index in [4.69, 9.17) is 10.4 Å². The minimum atomic E-state index is -1.14. The number of carboxylic acids is 1. The van der Waals surface area contributed by atoms with Crippen molar-refractivity contribution in [1.82, 2.24) is 14.9 Å². The van der Waals surface area contributed by atoms with Gasteiger partial charge in [0.05, 0.1) is 12.4 Å². The predicted octanol–water partition coefficient (Wildman–Crippen LogP) is -0.554. The average Bonchev–Trinajstić information content (AvgIpc) is 2.63. The molecule has 0 saturated carbocycles. The molecule has 0 spiro atoms. The molecule has 0 aromatic carbocycles. The second kappa shape index (κ2) is 5.65. The molecule has 0 fully saturated rings. The molecule has 0 aliphatic carbocycles. The standard InChI is InChI=1S/C10H12N4O3/c1-14-6-12-5-7(14)4-8(10(16)17)13-9(15)2-3-11/h5-6,8H,2,4H2,1H3,(H,13,15)(H,16,17)/t8-/m0/s1. The van der Waals surface area contributed by atoms with Crippen LogP contribution in [0.1, 0.15) is 12.1 Å². The van der Waals surface area contributed by atoms with Crippen LogP contribution >= 0.6 is 0 Å². The molecular weight excluding hydrogens is 224 g/mol. The molecule has 1 rings (SSSR count). The van der Waals surface area contributed by atoms with Crippen molar-refractivity contribution in [3.8, 4) is 6.07 Å². The number of hydrogen-bond acceptors (Lipinski definition) is 4. The third kappa shape index (κ3) is 3.61. The van der Waals surface area contributed by atoms with Gasteiger partial charge in [0.15, 0.2) is 0 Å². The molecule has 0 unspecified atom stereocenters. The summed E-state index contributed by atoms with van der Waals surface area (Å²) in [4.78, 5) is 26.0. The highest BCUT2D eigenvalue weighted by Crippen LogP contribution is 2.02. The van der Waals surface area contributed by atoms with Gasteiger partial charge in [-0.1, -0.05) is 0 Å². The average molecular weight is 236 g/mol. The number of hydrogen-bond donors (Lipinski definition) is 2. The van der Waals surface area contributed by atoms with Gasteiger partial charge in [0.2, 0.25) is 5.91 Å². The van der Waals surface area contributed by atoms with Gasteiger partial charge >= 0.3 is 5.97 Å². The van der Waals surface area contributed by atoms with Crippen LogP contribution in [0.15, 0.2) is 12.5 Å². The van der Waals surface area contributed by atoms with Crippen molar-refractivity contribution in [2.45, 2.75) is 18.9 Å². The number of rotatable bonds is 5. The molecule has 0 aliphatic heterocycles. The summed E-state index contributed by atoms with van der Waals surface area (Å²) in [7, 11) is 1.73. The molecule has 1 atom stereocenters. The lowest BCUT2D eigenvalue weighted by Gasteiger charge is -2.13. The first-order chi connectivity index (χ1) is 8.04. The normalized spacial score (nSPS) is 11.5.